The highest BCUT2D eigenvalue weighted by atomic mass is 16.5. The Morgan fingerprint density at radius 1 is 1.26 bits per heavy atom. The Hall–Kier alpha value is -1.13. The van der Waals surface area contributed by atoms with Gasteiger partial charge in [0, 0.05) is 13.3 Å². The molecule has 1 heterocycles. The van der Waals surface area contributed by atoms with E-state index in [9.17, 15) is 0 Å². The molecule has 1 aromatic rings. The molecule has 0 saturated heterocycles. The van der Waals surface area contributed by atoms with E-state index in [0.29, 0.717) is 5.92 Å². The molecule has 1 aliphatic carbocycles. The summed E-state index contributed by atoms with van der Waals surface area (Å²) in [4.78, 5) is 4.38. The van der Waals surface area contributed by atoms with E-state index in [-0.39, 0.29) is 12.1 Å². The predicted octanol–water partition coefficient (Wildman–Crippen LogP) is 2.69. The lowest BCUT2D eigenvalue weighted by atomic mass is 9.82. The lowest BCUT2D eigenvalue weighted by molar-refractivity contribution is 0.0158. The maximum Gasteiger partial charge on any atom is 0.142 e. The van der Waals surface area contributed by atoms with Gasteiger partial charge in [0.2, 0.25) is 0 Å². The van der Waals surface area contributed by atoms with Crippen LogP contribution in [0.15, 0.2) is 18.3 Å². The molecule has 19 heavy (non-hydrogen) atoms. The van der Waals surface area contributed by atoms with E-state index in [1.54, 1.807) is 20.4 Å². The molecule has 4 heteroatoms. The third-order valence-electron chi connectivity index (χ3n) is 4.08. The Morgan fingerprint density at radius 3 is 2.63 bits per heavy atom. The van der Waals surface area contributed by atoms with Crippen molar-refractivity contribution in [2.45, 2.75) is 44.2 Å². The van der Waals surface area contributed by atoms with E-state index < -0.39 is 0 Å². The molecule has 2 unspecified atom stereocenters. The minimum atomic E-state index is -0.232. The summed E-state index contributed by atoms with van der Waals surface area (Å²) >= 11 is 0. The number of methoxy groups -OCH3 is 2. The molecule has 1 aliphatic rings. The first-order valence-electron chi connectivity index (χ1n) is 7.05. The van der Waals surface area contributed by atoms with Crippen LogP contribution in [0.2, 0.25) is 0 Å². The van der Waals surface area contributed by atoms with E-state index in [0.717, 1.165) is 11.4 Å². The summed E-state index contributed by atoms with van der Waals surface area (Å²) in [6, 6.07) is 3.53. The van der Waals surface area contributed by atoms with Crippen LogP contribution in [0.1, 0.15) is 43.8 Å². The van der Waals surface area contributed by atoms with Gasteiger partial charge in [-0.25, -0.2) is 0 Å². The minimum Gasteiger partial charge on any atom is -0.495 e. The van der Waals surface area contributed by atoms with Crippen molar-refractivity contribution in [2.75, 3.05) is 14.2 Å². The van der Waals surface area contributed by atoms with Crippen molar-refractivity contribution in [1.82, 2.24) is 4.98 Å². The Bertz CT molecular complexity index is 391. The summed E-state index contributed by atoms with van der Waals surface area (Å²) in [5.41, 5.74) is 7.18. The number of rotatable bonds is 5. The second kappa shape index (κ2) is 6.87. The predicted molar refractivity (Wildman–Crippen MR) is 75.1 cm³/mol. The molecular formula is C15H24N2O2. The highest BCUT2D eigenvalue weighted by Crippen LogP contribution is 2.34. The van der Waals surface area contributed by atoms with Gasteiger partial charge in [-0.2, -0.15) is 0 Å². The highest BCUT2D eigenvalue weighted by molar-refractivity contribution is 5.30. The van der Waals surface area contributed by atoms with Gasteiger partial charge in [-0.05, 0) is 30.9 Å². The summed E-state index contributed by atoms with van der Waals surface area (Å²) in [7, 11) is 3.39. The first-order chi connectivity index (χ1) is 9.27. The number of hydrogen-bond acceptors (Lipinski definition) is 4. The minimum absolute atomic E-state index is 0.0177. The molecule has 106 valence electrons. The van der Waals surface area contributed by atoms with E-state index in [1.807, 2.05) is 12.1 Å². The lowest BCUT2D eigenvalue weighted by Crippen LogP contribution is -2.36. The molecule has 1 saturated carbocycles. The van der Waals surface area contributed by atoms with Crippen LogP contribution in [0.4, 0.5) is 0 Å². The molecule has 0 aromatic carbocycles. The smallest absolute Gasteiger partial charge is 0.142 e. The number of ether oxygens (including phenoxy) is 2. The van der Waals surface area contributed by atoms with Gasteiger partial charge >= 0.3 is 0 Å². The quantitative estimate of drug-likeness (QED) is 0.888. The number of nitrogens with two attached hydrogens (primary N) is 1. The summed E-state index contributed by atoms with van der Waals surface area (Å²) in [5, 5.41) is 0. The van der Waals surface area contributed by atoms with Crippen LogP contribution < -0.4 is 10.5 Å². The van der Waals surface area contributed by atoms with E-state index >= 15 is 0 Å². The van der Waals surface area contributed by atoms with Gasteiger partial charge in [0.25, 0.3) is 0 Å². The monoisotopic (exact) mass is 264 g/mol. The molecule has 0 bridgehead atoms. The van der Waals surface area contributed by atoms with Crippen LogP contribution >= 0.6 is 0 Å². The summed E-state index contributed by atoms with van der Waals surface area (Å²) < 4.78 is 11.0. The van der Waals surface area contributed by atoms with Gasteiger partial charge in [-0.15, -0.1) is 0 Å². The Morgan fingerprint density at radius 2 is 2.00 bits per heavy atom. The van der Waals surface area contributed by atoms with Crippen LogP contribution in [0.5, 0.6) is 5.75 Å². The zero-order valence-electron chi connectivity index (χ0n) is 11.8. The first-order valence-corrected chi connectivity index (χ1v) is 7.05. The fourth-order valence-electron chi connectivity index (χ4n) is 3.08. The molecular weight excluding hydrogens is 240 g/mol. The van der Waals surface area contributed by atoms with Gasteiger partial charge < -0.3 is 15.2 Å². The fraction of sp³-hybridized carbons (Fsp3) is 0.667. The summed E-state index contributed by atoms with van der Waals surface area (Å²) in [6.45, 7) is 0. The normalized spacial score (nSPS) is 19.9. The van der Waals surface area contributed by atoms with E-state index in [2.05, 4.69) is 4.98 Å². The van der Waals surface area contributed by atoms with Gasteiger partial charge in [0.05, 0.1) is 19.3 Å². The van der Waals surface area contributed by atoms with Gasteiger partial charge in [-0.3, -0.25) is 4.98 Å². The Labute approximate surface area is 115 Å². The average molecular weight is 264 g/mol. The van der Waals surface area contributed by atoms with Crippen molar-refractivity contribution < 1.29 is 9.47 Å². The van der Waals surface area contributed by atoms with Crippen LogP contribution in [-0.4, -0.2) is 25.3 Å². The van der Waals surface area contributed by atoms with Crippen molar-refractivity contribution in [3.63, 3.8) is 0 Å². The topological polar surface area (TPSA) is 57.4 Å². The van der Waals surface area contributed by atoms with Gasteiger partial charge in [0.1, 0.15) is 11.4 Å². The zero-order chi connectivity index (χ0) is 13.7. The van der Waals surface area contributed by atoms with E-state index in [1.165, 1.54) is 32.1 Å². The molecule has 0 amide bonds. The van der Waals surface area contributed by atoms with E-state index in [4.69, 9.17) is 15.2 Å². The SMILES string of the molecule is COc1cccnc1C(N)C(OC)C1CCCCC1. The number of hydrogen-bond donors (Lipinski definition) is 1. The third kappa shape index (κ3) is 3.25. The highest BCUT2D eigenvalue weighted by Gasteiger charge is 2.31. The zero-order valence-corrected chi connectivity index (χ0v) is 11.8. The Balaban J connectivity index is 2.17. The third-order valence-corrected chi connectivity index (χ3v) is 4.08. The molecule has 1 aromatic heterocycles. The average Bonchev–Trinajstić information content (AvgIpc) is 2.49. The van der Waals surface area contributed by atoms with Crippen molar-refractivity contribution in [2.24, 2.45) is 11.7 Å². The number of nitrogens with zero attached hydrogens (tertiary/aromatic N) is 1. The maximum absolute atomic E-state index is 6.39. The Kier molecular flexibility index (Phi) is 5.16. The van der Waals surface area contributed by atoms with Crippen molar-refractivity contribution >= 4 is 0 Å². The van der Waals surface area contributed by atoms with Crippen LogP contribution in [0.25, 0.3) is 0 Å². The van der Waals surface area contributed by atoms with Crippen molar-refractivity contribution in [3.05, 3.63) is 24.0 Å². The largest absolute Gasteiger partial charge is 0.495 e. The molecule has 2 atom stereocenters. The molecule has 2 rings (SSSR count). The maximum atomic E-state index is 6.39. The van der Waals surface area contributed by atoms with Crippen molar-refractivity contribution in [3.8, 4) is 5.75 Å². The summed E-state index contributed by atoms with van der Waals surface area (Å²) in [6.07, 6.45) is 8.04. The lowest BCUT2D eigenvalue weighted by Gasteiger charge is -2.33. The van der Waals surface area contributed by atoms with Gasteiger partial charge in [-0.1, -0.05) is 19.3 Å². The molecule has 2 N–H and O–H groups in total. The second-order valence-corrected chi connectivity index (χ2v) is 5.22. The number of aromatic nitrogens is 1. The van der Waals surface area contributed by atoms with Crippen molar-refractivity contribution in [1.29, 1.82) is 0 Å². The standard InChI is InChI=1S/C15H24N2O2/c1-18-12-9-6-10-17-14(12)13(16)15(19-2)11-7-4-3-5-8-11/h6,9-11,13,15H,3-5,7-8,16H2,1-2H3. The van der Waals surface area contributed by atoms with Crippen LogP contribution in [0.3, 0.4) is 0 Å². The molecule has 0 spiro atoms. The second-order valence-electron chi connectivity index (χ2n) is 5.22. The van der Waals surface area contributed by atoms with Gasteiger partial charge in [0.15, 0.2) is 0 Å². The fourth-order valence-corrected chi connectivity index (χ4v) is 3.08. The molecule has 0 radical (unpaired) electrons. The number of pyridine rings is 1. The van der Waals surface area contributed by atoms with Crippen LogP contribution in [-0.2, 0) is 4.74 Å². The van der Waals surface area contributed by atoms with Crippen LogP contribution in [0, 0.1) is 5.92 Å². The molecule has 0 aliphatic heterocycles. The molecule has 4 nitrogen and oxygen atoms in total. The molecule has 1 fully saturated rings. The summed E-state index contributed by atoms with van der Waals surface area (Å²) in [5.74, 6) is 1.27. The first kappa shape index (κ1) is 14.3.